The minimum absolute atomic E-state index is 0. The number of hydrogen-bond donors (Lipinski definition) is 0. The molecule has 0 amide bonds. The van der Waals surface area contributed by atoms with Gasteiger partial charge < -0.3 is 49.7 Å². The SMILES string of the molecule is [2H][CH2-].[CH2-]C.[CH2-]C.[CH3-].[CH3-].[CH3-].[H+].[H+].[NH2-].[Y].[Y].[Y]. The first-order valence-electron chi connectivity index (χ1n) is 2.12. The molecule has 12 heavy (non-hydrogen) atoms. The van der Waals surface area contributed by atoms with Crippen LogP contribution in [0.1, 0.15) is 18.1 Å². The van der Waals surface area contributed by atoms with E-state index in [1.807, 2.05) is 0 Å². The van der Waals surface area contributed by atoms with E-state index in [-0.39, 0.29) is 129 Å². The molecule has 77 valence electrons. The maximum atomic E-state index is 5.50. The summed E-state index contributed by atoms with van der Waals surface area (Å²) in [5.74, 6) is 0. The minimum Gasteiger partial charge on any atom is -0.693 e. The van der Waals surface area contributed by atoms with Crippen molar-refractivity contribution >= 4 is 0 Å². The van der Waals surface area contributed by atoms with E-state index in [1.165, 1.54) is 0 Å². The van der Waals surface area contributed by atoms with Crippen LogP contribution in [-0.2, 0) is 98.1 Å². The summed E-state index contributed by atoms with van der Waals surface area (Å²) in [4.78, 5) is 0. The molecule has 0 aliphatic heterocycles. The minimum atomic E-state index is 0. The molecule has 0 bridgehead atoms. The van der Waals surface area contributed by atoms with Crippen molar-refractivity contribution in [2.75, 3.05) is 0 Å². The van der Waals surface area contributed by atoms with Gasteiger partial charge in [-0.25, -0.2) is 1.37 Å². The van der Waals surface area contributed by atoms with Crippen LogP contribution in [0.5, 0.6) is 0 Å². The standard InChI is InChI=1S/2C2H5.4CH3.H2N.3Y/c2*1-2;;;;;;;;/h2*1H2,2H3;4*1H3;1H2;;;/q7*-1;;;/p+2/i;;1D;;;;;;;. The molecule has 0 aromatic rings. The summed E-state index contributed by atoms with van der Waals surface area (Å²) in [7, 11) is 2.50. The van der Waals surface area contributed by atoms with Gasteiger partial charge in [-0.15, -0.1) is 0 Å². The van der Waals surface area contributed by atoms with Crippen LogP contribution in [-0.4, -0.2) is 0 Å². The summed E-state index contributed by atoms with van der Waals surface area (Å²) in [6.07, 6.45) is 0. The third-order valence-corrected chi connectivity index (χ3v) is 0. The molecular weight excluding hydrogens is 377 g/mol. The van der Waals surface area contributed by atoms with E-state index in [2.05, 4.69) is 21.3 Å². The van der Waals surface area contributed by atoms with Gasteiger partial charge >= 0.3 is 2.85 Å². The zero-order chi connectivity index (χ0) is 6.00. The van der Waals surface area contributed by atoms with Gasteiger partial charge in [0.2, 0.25) is 0 Å². The molecule has 0 saturated carbocycles. The molecule has 3 radical (unpaired) electrons. The molecule has 0 spiro atoms. The van der Waals surface area contributed by atoms with Crippen molar-refractivity contribution in [3.8, 4) is 0 Å². The van der Waals surface area contributed by atoms with Crippen LogP contribution in [0, 0.1) is 43.5 Å². The molecule has 0 heterocycles. The van der Waals surface area contributed by atoms with E-state index in [1.54, 1.807) is 13.8 Å². The Hall–Kier alpha value is 3.27. The Bertz CT molecular complexity index is 25.1. The van der Waals surface area contributed by atoms with Gasteiger partial charge in [0.15, 0.2) is 0 Å². The molecular formula is C8H26NY3-5. The van der Waals surface area contributed by atoms with Crippen molar-refractivity contribution in [2.45, 2.75) is 13.8 Å². The maximum Gasteiger partial charge on any atom is 1.00 e. The summed E-state index contributed by atoms with van der Waals surface area (Å²) in [5, 5.41) is 0. The van der Waals surface area contributed by atoms with Gasteiger partial charge in [0.05, 0.1) is 0 Å². The Kier molecular flexibility index (Phi) is 1550. The van der Waals surface area contributed by atoms with Gasteiger partial charge in [-0.2, -0.15) is 13.8 Å². The average molecular weight is 404 g/mol. The van der Waals surface area contributed by atoms with Crippen molar-refractivity contribution in [1.82, 2.24) is 0 Å². The van der Waals surface area contributed by atoms with E-state index in [0.717, 1.165) is 0 Å². The van der Waals surface area contributed by atoms with E-state index in [0.29, 0.717) is 0 Å². The van der Waals surface area contributed by atoms with E-state index in [4.69, 9.17) is 1.37 Å². The third-order valence-electron chi connectivity index (χ3n) is 0. The summed E-state index contributed by atoms with van der Waals surface area (Å²) in [5.41, 5.74) is 0. The normalized spacial score (nSPS) is 1.58. The third kappa shape index (κ3) is 187. The second-order valence-corrected chi connectivity index (χ2v) is 0. The van der Waals surface area contributed by atoms with Crippen LogP contribution >= 0.6 is 0 Å². The van der Waals surface area contributed by atoms with Crippen molar-refractivity contribution in [3.63, 3.8) is 0 Å². The molecule has 0 aliphatic rings. The Morgan fingerprint density at radius 2 is 0.750 bits per heavy atom. The van der Waals surface area contributed by atoms with Gasteiger partial charge in [-0.3, -0.25) is 0 Å². The molecule has 0 unspecified atom stereocenters. The van der Waals surface area contributed by atoms with Crippen LogP contribution in [0.2, 0.25) is 0 Å². The van der Waals surface area contributed by atoms with E-state index < -0.39 is 0 Å². The molecule has 0 aromatic heterocycles. The first-order valence-corrected chi connectivity index (χ1v) is 1.41. The van der Waals surface area contributed by atoms with E-state index >= 15 is 0 Å². The quantitative estimate of drug-likeness (QED) is 0.536. The Balaban J connectivity index is -0.000000000692. The second kappa shape index (κ2) is 235. The van der Waals surface area contributed by atoms with Crippen LogP contribution in [0.4, 0.5) is 0 Å². The molecule has 0 rings (SSSR count). The predicted molar refractivity (Wildman–Crippen MR) is 55.2 cm³/mol. The van der Waals surface area contributed by atoms with Crippen molar-refractivity contribution in [1.29, 1.82) is 0 Å². The Morgan fingerprint density at radius 3 is 0.750 bits per heavy atom. The summed E-state index contributed by atoms with van der Waals surface area (Å²) < 4.78 is 5.50. The van der Waals surface area contributed by atoms with Crippen LogP contribution in [0.3, 0.4) is 0 Å². The molecule has 4 heteroatoms. The molecule has 0 saturated heterocycles. The smallest absolute Gasteiger partial charge is 0.693 e. The van der Waals surface area contributed by atoms with Gasteiger partial charge in [-0.05, 0) is 0 Å². The maximum absolute atomic E-state index is 5.50. The average Bonchev–Trinajstić information content (AvgIpc) is 1.81. The van der Waals surface area contributed by atoms with Gasteiger partial charge in [-0.1, -0.05) is 0 Å². The van der Waals surface area contributed by atoms with Crippen molar-refractivity contribution in [3.05, 3.63) is 49.7 Å². The fraction of sp³-hybridized carbons (Fsp3) is 0.250. The topological polar surface area (TPSA) is 33.5 Å². The predicted octanol–water partition coefficient (Wildman–Crippen LogP) is 4.42. The van der Waals surface area contributed by atoms with Crippen LogP contribution in [0.15, 0.2) is 0 Å². The second-order valence-electron chi connectivity index (χ2n) is 0. The summed E-state index contributed by atoms with van der Waals surface area (Å²) in [6, 6.07) is 0. The van der Waals surface area contributed by atoms with Crippen LogP contribution in [0.25, 0.3) is 6.15 Å². The fourth-order valence-corrected chi connectivity index (χ4v) is 0. The molecule has 0 fully saturated rings. The Labute approximate surface area is 163 Å². The number of nitrogens with two attached hydrogens (primary N) is 1. The van der Waals surface area contributed by atoms with Gasteiger partial charge in [0.25, 0.3) is 0 Å². The molecule has 1 nitrogen and oxygen atoms in total. The molecule has 0 aromatic carbocycles. The summed E-state index contributed by atoms with van der Waals surface area (Å²) >= 11 is 0. The first kappa shape index (κ1) is 79.1. The molecule has 2 N–H and O–H groups in total. The van der Waals surface area contributed by atoms with Crippen LogP contribution < -0.4 is 0 Å². The molecule has 0 aliphatic carbocycles. The molecule has 0 atom stereocenters. The van der Waals surface area contributed by atoms with Crippen molar-refractivity contribution < 1.29 is 102 Å². The summed E-state index contributed by atoms with van der Waals surface area (Å²) in [6.45, 7) is 10.0. The number of rotatable bonds is 0. The number of hydrogen-bond acceptors (Lipinski definition) is 0. The fourth-order valence-electron chi connectivity index (χ4n) is 0. The zero-order valence-corrected chi connectivity index (χ0v) is 17.9. The van der Waals surface area contributed by atoms with Crippen molar-refractivity contribution in [2.24, 2.45) is 0 Å². The van der Waals surface area contributed by atoms with Gasteiger partial charge in [0.1, 0.15) is 0 Å². The monoisotopic (exact) mass is 404 g/mol. The first-order chi connectivity index (χ1) is 3.00. The van der Waals surface area contributed by atoms with Gasteiger partial charge in [0, 0.05) is 98.1 Å². The zero-order valence-electron chi connectivity index (χ0n) is 12.4. The van der Waals surface area contributed by atoms with E-state index in [9.17, 15) is 0 Å². The largest absolute Gasteiger partial charge is 1.00 e. The Morgan fingerprint density at radius 1 is 0.750 bits per heavy atom.